The fourth-order valence-corrected chi connectivity index (χ4v) is 2.76. The first-order chi connectivity index (χ1) is 10.4. The monoisotopic (exact) mass is 296 g/mol. The minimum atomic E-state index is -0.402. The highest BCUT2D eigenvalue weighted by atomic mass is 17.0. The van der Waals surface area contributed by atoms with Crippen molar-refractivity contribution < 1.29 is 9.68 Å². The predicted molar refractivity (Wildman–Crippen MR) is 88.6 cm³/mol. The Morgan fingerprint density at radius 2 is 1.45 bits per heavy atom. The Kier molecular flexibility index (Phi) is 2.63. The molecule has 0 spiro atoms. The van der Waals surface area contributed by atoms with Crippen LogP contribution in [0.2, 0.25) is 0 Å². The van der Waals surface area contributed by atoms with Gasteiger partial charge in [-0.05, 0) is 39.8 Å². The van der Waals surface area contributed by atoms with Crippen molar-refractivity contribution in [2.24, 2.45) is 0 Å². The van der Waals surface area contributed by atoms with E-state index < -0.39 is 11.2 Å². The highest BCUT2D eigenvalue weighted by Crippen LogP contribution is 2.42. The maximum Gasteiger partial charge on any atom is 0.124 e. The van der Waals surface area contributed by atoms with Crippen molar-refractivity contribution >= 4 is 27.5 Å². The molecule has 1 aliphatic rings. The van der Waals surface area contributed by atoms with E-state index in [-0.39, 0.29) is 0 Å². The van der Waals surface area contributed by atoms with E-state index in [2.05, 4.69) is 29.2 Å². The molecule has 1 saturated heterocycles. The molecular weight excluding hydrogens is 276 g/mol. The second-order valence-electron chi connectivity index (χ2n) is 6.83. The Morgan fingerprint density at radius 1 is 0.818 bits per heavy atom. The zero-order chi connectivity index (χ0) is 15.5. The van der Waals surface area contributed by atoms with E-state index in [9.17, 15) is 0 Å². The average Bonchev–Trinajstić information content (AvgIpc) is 2.93. The summed E-state index contributed by atoms with van der Waals surface area (Å²) in [5.74, 6) is 0. The molecular formula is C18H20N2O2. The Balaban J connectivity index is 1.90. The van der Waals surface area contributed by atoms with Crippen molar-refractivity contribution in [3.8, 4) is 0 Å². The number of anilines is 1. The Bertz CT molecular complexity index is 848. The first kappa shape index (κ1) is 13.6. The van der Waals surface area contributed by atoms with Gasteiger partial charge in [0, 0.05) is 16.3 Å². The van der Waals surface area contributed by atoms with Crippen LogP contribution < -0.4 is 5.23 Å². The number of fused-ring (bicyclic) bond motifs is 3. The third-order valence-electron chi connectivity index (χ3n) is 4.79. The van der Waals surface area contributed by atoms with Crippen LogP contribution in [-0.4, -0.2) is 16.2 Å². The molecule has 1 aromatic heterocycles. The van der Waals surface area contributed by atoms with Crippen molar-refractivity contribution in [1.29, 1.82) is 0 Å². The zero-order valence-electron chi connectivity index (χ0n) is 13.3. The Labute approximate surface area is 129 Å². The van der Waals surface area contributed by atoms with E-state index in [1.165, 1.54) is 10.8 Å². The zero-order valence-corrected chi connectivity index (χ0v) is 13.3. The molecule has 0 aliphatic carbocycles. The SMILES string of the molecule is CC1(C)ON(c2cccc3c2[nH]c2ccccc23)OC1(C)C. The van der Waals surface area contributed by atoms with Gasteiger partial charge in [0.2, 0.25) is 0 Å². The summed E-state index contributed by atoms with van der Waals surface area (Å²) in [5, 5.41) is 3.93. The van der Waals surface area contributed by atoms with Crippen molar-refractivity contribution in [1.82, 2.24) is 4.98 Å². The number of aromatic amines is 1. The van der Waals surface area contributed by atoms with Crippen molar-refractivity contribution in [3.05, 3.63) is 42.5 Å². The molecule has 0 bridgehead atoms. The van der Waals surface area contributed by atoms with Crippen LogP contribution in [0, 0.1) is 0 Å². The van der Waals surface area contributed by atoms with E-state index in [4.69, 9.17) is 9.68 Å². The molecule has 4 heteroatoms. The van der Waals surface area contributed by atoms with E-state index >= 15 is 0 Å². The summed E-state index contributed by atoms with van der Waals surface area (Å²) in [6.07, 6.45) is 0. The van der Waals surface area contributed by atoms with Crippen LogP contribution in [0.4, 0.5) is 5.69 Å². The lowest BCUT2D eigenvalue weighted by Gasteiger charge is -2.26. The largest absolute Gasteiger partial charge is 0.353 e. The first-order valence-electron chi connectivity index (χ1n) is 7.57. The average molecular weight is 296 g/mol. The van der Waals surface area contributed by atoms with Crippen LogP contribution in [0.15, 0.2) is 42.5 Å². The molecule has 4 nitrogen and oxygen atoms in total. The summed E-state index contributed by atoms with van der Waals surface area (Å²) in [6.45, 7) is 8.16. The summed E-state index contributed by atoms with van der Waals surface area (Å²) >= 11 is 0. The number of hydrogen-bond donors (Lipinski definition) is 1. The number of para-hydroxylation sites is 2. The lowest BCUT2D eigenvalue weighted by atomic mass is 9.90. The van der Waals surface area contributed by atoms with Gasteiger partial charge in [-0.25, -0.2) is 9.68 Å². The maximum absolute atomic E-state index is 6.05. The van der Waals surface area contributed by atoms with Crippen LogP contribution in [0.25, 0.3) is 21.8 Å². The number of hydrogen-bond acceptors (Lipinski definition) is 3. The van der Waals surface area contributed by atoms with Gasteiger partial charge in [-0.2, -0.15) is 0 Å². The van der Waals surface area contributed by atoms with Crippen LogP contribution in [0.3, 0.4) is 0 Å². The van der Waals surface area contributed by atoms with E-state index in [1.54, 1.807) is 5.23 Å². The van der Waals surface area contributed by atoms with Crippen LogP contribution in [-0.2, 0) is 9.68 Å². The standard InChI is InChI=1S/C18H20N2O2/c1-17(2)18(3,4)22-20(21-17)15-11-7-9-13-12-8-5-6-10-14(12)19-16(13)15/h5-11,19H,1-4H3. The summed E-state index contributed by atoms with van der Waals surface area (Å²) in [4.78, 5) is 15.6. The third kappa shape index (κ3) is 1.77. The molecule has 22 heavy (non-hydrogen) atoms. The number of nitrogens with zero attached hydrogens (tertiary/aromatic N) is 1. The van der Waals surface area contributed by atoms with Gasteiger partial charge in [0.25, 0.3) is 0 Å². The molecule has 0 atom stereocenters. The van der Waals surface area contributed by atoms with Crippen molar-refractivity contribution in [3.63, 3.8) is 0 Å². The number of benzene rings is 2. The molecule has 0 radical (unpaired) electrons. The number of nitrogens with one attached hydrogen (secondary N) is 1. The summed E-state index contributed by atoms with van der Waals surface area (Å²) in [7, 11) is 0. The van der Waals surface area contributed by atoms with Crippen LogP contribution >= 0.6 is 0 Å². The van der Waals surface area contributed by atoms with Gasteiger partial charge in [-0.1, -0.05) is 30.3 Å². The minimum absolute atomic E-state index is 0.402. The van der Waals surface area contributed by atoms with Gasteiger partial charge in [-0.15, -0.1) is 5.23 Å². The second-order valence-corrected chi connectivity index (χ2v) is 6.83. The van der Waals surface area contributed by atoms with Gasteiger partial charge >= 0.3 is 0 Å². The molecule has 1 aliphatic heterocycles. The maximum atomic E-state index is 6.05. The molecule has 4 rings (SSSR count). The molecule has 1 fully saturated rings. The lowest BCUT2D eigenvalue weighted by molar-refractivity contribution is -0.0266. The lowest BCUT2D eigenvalue weighted by Crippen LogP contribution is -2.41. The van der Waals surface area contributed by atoms with Gasteiger partial charge < -0.3 is 4.98 Å². The fraction of sp³-hybridized carbons (Fsp3) is 0.333. The second kappa shape index (κ2) is 4.24. The van der Waals surface area contributed by atoms with Gasteiger partial charge in [-0.3, -0.25) is 0 Å². The normalized spacial score (nSPS) is 20.1. The highest BCUT2D eigenvalue weighted by molar-refractivity contribution is 6.10. The van der Waals surface area contributed by atoms with Crippen LogP contribution in [0.1, 0.15) is 27.7 Å². The smallest absolute Gasteiger partial charge is 0.124 e. The van der Waals surface area contributed by atoms with E-state index in [1.807, 2.05) is 45.9 Å². The van der Waals surface area contributed by atoms with E-state index in [0.717, 1.165) is 16.7 Å². The minimum Gasteiger partial charge on any atom is -0.353 e. The number of aromatic nitrogens is 1. The van der Waals surface area contributed by atoms with Gasteiger partial charge in [0.05, 0.1) is 5.52 Å². The predicted octanol–water partition coefficient (Wildman–Crippen LogP) is 4.56. The van der Waals surface area contributed by atoms with Crippen LogP contribution in [0.5, 0.6) is 0 Å². The quantitative estimate of drug-likeness (QED) is 0.715. The van der Waals surface area contributed by atoms with Crippen molar-refractivity contribution in [2.75, 3.05) is 5.23 Å². The summed E-state index contributed by atoms with van der Waals surface area (Å²) < 4.78 is 0. The molecule has 2 aromatic carbocycles. The Morgan fingerprint density at radius 3 is 2.18 bits per heavy atom. The summed E-state index contributed by atoms with van der Waals surface area (Å²) in [6, 6.07) is 14.4. The molecule has 1 N–H and O–H groups in total. The summed E-state index contributed by atoms with van der Waals surface area (Å²) in [5.41, 5.74) is 2.23. The molecule has 114 valence electrons. The molecule has 0 amide bonds. The third-order valence-corrected chi connectivity index (χ3v) is 4.79. The topological polar surface area (TPSA) is 37.5 Å². The fourth-order valence-electron chi connectivity index (χ4n) is 2.76. The molecule has 0 unspecified atom stereocenters. The Hall–Kier alpha value is -2.04. The number of H-pyrrole nitrogens is 1. The molecule has 3 aromatic rings. The van der Waals surface area contributed by atoms with Gasteiger partial charge in [0.15, 0.2) is 0 Å². The molecule has 2 heterocycles. The number of rotatable bonds is 1. The first-order valence-corrected chi connectivity index (χ1v) is 7.57. The highest BCUT2D eigenvalue weighted by Gasteiger charge is 2.50. The molecule has 0 saturated carbocycles. The van der Waals surface area contributed by atoms with Gasteiger partial charge in [0.1, 0.15) is 16.9 Å². The van der Waals surface area contributed by atoms with Crippen molar-refractivity contribution in [2.45, 2.75) is 38.9 Å². The van der Waals surface area contributed by atoms with E-state index in [0.29, 0.717) is 0 Å².